The average Bonchev–Trinajstić information content (AvgIpc) is 2.63. The van der Waals surface area contributed by atoms with E-state index in [1.807, 2.05) is 0 Å². The van der Waals surface area contributed by atoms with Crippen LogP contribution in [0.4, 0.5) is 14.5 Å². The number of amides is 1. The number of ether oxygens (including phenoxy) is 1. The molecular formula is C18H19ClF2N2O4S. The molecule has 0 saturated heterocycles. The van der Waals surface area contributed by atoms with E-state index < -0.39 is 22.5 Å². The third kappa shape index (κ3) is 5.18. The summed E-state index contributed by atoms with van der Waals surface area (Å²) in [6, 6.07) is 9.08. The smallest absolute Gasteiger partial charge is 0.387 e. The lowest BCUT2D eigenvalue weighted by atomic mass is 10.2. The second kappa shape index (κ2) is 8.85. The molecule has 0 bridgehead atoms. The fraction of sp³-hybridized carbons (Fsp3) is 0.278. The molecule has 0 fully saturated rings. The Morgan fingerprint density at radius 1 is 1.14 bits per heavy atom. The van der Waals surface area contributed by atoms with Crippen molar-refractivity contribution in [3.63, 3.8) is 0 Å². The summed E-state index contributed by atoms with van der Waals surface area (Å²) in [6.07, 6.45) is 0. The fourth-order valence-electron chi connectivity index (χ4n) is 2.20. The first-order valence-electron chi connectivity index (χ1n) is 8.16. The van der Waals surface area contributed by atoms with Gasteiger partial charge in [0.1, 0.15) is 5.75 Å². The number of halogens is 3. The van der Waals surface area contributed by atoms with Gasteiger partial charge in [-0.05, 0) is 56.3 Å². The molecule has 0 spiro atoms. The predicted molar refractivity (Wildman–Crippen MR) is 103 cm³/mol. The largest absolute Gasteiger partial charge is 0.433 e. The van der Waals surface area contributed by atoms with Gasteiger partial charge in [0, 0.05) is 24.3 Å². The molecule has 0 aliphatic heterocycles. The Morgan fingerprint density at radius 2 is 1.75 bits per heavy atom. The average molecular weight is 433 g/mol. The number of carbonyl (C=O) groups excluding carboxylic acids is 1. The topological polar surface area (TPSA) is 75.7 Å². The highest BCUT2D eigenvalue weighted by Crippen LogP contribution is 2.29. The van der Waals surface area contributed by atoms with Crippen molar-refractivity contribution in [1.82, 2.24) is 4.31 Å². The SMILES string of the molecule is CC(C)N(C)S(=O)(=O)c1ccc(C(=O)Nc2ccc(OC(F)F)c(Cl)c2)cc1. The lowest BCUT2D eigenvalue weighted by Gasteiger charge is -2.21. The summed E-state index contributed by atoms with van der Waals surface area (Å²) >= 11 is 5.85. The van der Waals surface area contributed by atoms with Crippen molar-refractivity contribution in [2.75, 3.05) is 12.4 Å². The Labute approximate surface area is 167 Å². The van der Waals surface area contributed by atoms with Gasteiger partial charge in [-0.3, -0.25) is 4.79 Å². The highest BCUT2D eigenvalue weighted by Gasteiger charge is 2.23. The van der Waals surface area contributed by atoms with Crippen molar-refractivity contribution in [3.8, 4) is 5.75 Å². The van der Waals surface area contributed by atoms with E-state index in [2.05, 4.69) is 10.1 Å². The lowest BCUT2D eigenvalue weighted by molar-refractivity contribution is -0.0497. The first-order valence-corrected chi connectivity index (χ1v) is 9.98. The monoisotopic (exact) mass is 432 g/mol. The Balaban J connectivity index is 2.15. The van der Waals surface area contributed by atoms with E-state index in [0.717, 1.165) is 0 Å². The number of rotatable bonds is 7. The van der Waals surface area contributed by atoms with Gasteiger partial charge in [-0.25, -0.2) is 8.42 Å². The van der Waals surface area contributed by atoms with Gasteiger partial charge in [0.05, 0.1) is 9.92 Å². The minimum Gasteiger partial charge on any atom is -0.433 e. The van der Waals surface area contributed by atoms with Crippen molar-refractivity contribution in [1.29, 1.82) is 0 Å². The van der Waals surface area contributed by atoms with Gasteiger partial charge < -0.3 is 10.1 Å². The summed E-state index contributed by atoms with van der Waals surface area (Å²) in [7, 11) is -2.17. The summed E-state index contributed by atoms with van der Waals surface area (Å²) in [5.41, 5.74) is 0.489. The number of anilines is 1. The van der Waals surface area contributed by atoms with Gasteiger partial charge >= 0.3 is 6.61 Å². The van der Waals surface area contributed by atoms with E-state index >= 15 is 0 Å². The maximum atomic E-state index is 12.4. The zero-order valence-corrected chi connectivity index (χ0v) is 16.9. The van der Waals surface area contributed by atoms with E-state index in [4.69, 9.17) is 11.6 Å². The molecule has 2 aromatic carbocycles. The standard InChI is InChI=1S/C18H19ClF2N2O4S/c1-11(2)23(3)28(25,26)14-7-4-12(5-8-14)17(24)22-13-6-9-16(15(19)10-13)27-18(20)21/h4-11,18H,1-3H3,(H,22,24). The molecule has 2 aromatic rings. The molecular weight excluding hydrogens is 414 g/mol. The van der Waals surface area contributed by atoms with Crippen LogP contribution < -0.4 is 10.1 Å². The van der Waals surface area contributed by atoms with E-state index in [9.17, 15) is 22.0 Å². The Hall–Kier alpha value is -2.23. The van der Waals surface area contributed by atoms with E-state index in [0.29, 0.717) is 0 Å². The van der Waals surface area contributed by atoms with Gasteiger partial charge in [0.2, 0.25) is 10.0 Å². The molecule has 10 heteroatoms. The molecule has 0 aromatic heterocycles. The highest BCUT2D eigenvalue weighted by atomic mass is 35.5. The number of nitrogens with zero attached hydrogens (tertiary/aromatic N) is 1. The van der Waals surface area contributed by atoms with Crippen LogP contribution in [0, 0.1) is 0 Å². The van der Waals surface area contributed by atoms with Gasteiger partial charge in [-0.15, -0.1) is 0 Å². The van der Waals surface area contributed by atoms with Crippen molar-refractivity contribution in [2.24, 2.45) is 0 Å². The molecule has 1 amide bonds. The molecule has 28 heavy (non-hydrogen) atoms. The summed E-state index contributed by atoms with van der Waals surface area (Å²) in [5, 5.41) is 2.47. The van der Waals surface area contributed by atoms with Gasteiger partial charge in [0.15, 0.2) is 0 Å². The third-order valence-corrected chi connectivity index (χ3v) is 6.27. The Bertz CT molecular complexity index is 951. The van der Waals surface area contributed by atoms with Gasteiger partial charge in [-0.1, -0.05) is 11.6 Å². The molecule has 0 aliphatic rings. The third-order valence-electron chi connectivity index (χ3n) is 3.93. The number of nitrogens with one attached hydrogen (secondary N) is 1. The summed E-state index contributed by atoms with van der Waals surface area (Å²) in [4.78, 5) is 12.4. The quantitative estimate of drug-likeness (QED) is 0.710. The van der Waals surface area contributed by atoms with Crippen LogP contribution in [0.15, 0.2) is 47.4 Å². The van der Waals surface area contributed by atoms with Crippen LogP contribution in [0.2, 0.25) is 5.02 Å². The molecule has 0 aliphatic carbocycles. The second-order valence-corrected chi connectivity index (χ2v) is 8.52. The van der Waals surface area contributed by atoms with Crippen LogP contribution in [0.5, 0.6) is 5.75 Å². The number of carbonyl (C=O) groups is 1. The van der Waals surface area contributed by atoms with Crippen molar-refractivity contribution in [3.05, 3.63) is 53.1 Å². The number of hydrogen-bond donors (Lipinski definition) is 1. The van der Waals surface area contributed by atoms with Crippen LogP contribution in [0.3, 0.4) is 0 Å². The molecule has 0 unspecified atom stereocenters. The lowest BCUT2D eigenvalue weighted by Crippen LogP contribution is -2.33. The van der Waals surface area contributed by atoms with Crippen LogP contribution in [0.25, 0.3) is 0 Å². The summed E-state index contributed by atoms with van der Waals surface area (Å²) in [6.45, 7) is 0.493. The molecule has 0 heterocycles. The minimum atomic E-state index is -3.65. The minimum absolute atomic E-state index is 0.0665. The number of sulfonamides is 1. The van der Waals surface area contributed by atoms with Crippen LogP contribution >= 0.6 is 11.6 Å². The Kier molecular flexibility index (Phi) is 6.97. The molecule has 0 saturated carbocycles. The Morgan fingerprint density at radius 3 is 2.25 bits per heavy atom. The van der Waals surface area contributed by atoms with Crippen molar-refractivity contribution in [2.45, 2.75) is 31.4 Å². The van der Waals surface area contributed by atoms with E-state index in [-0.39, 0.29) is 33.0 Å². The number of alkyl halides is 2. The molecule has 6 nitrogen and oxygen atoms in total. The summed E-state index contributed by atoms with van der Waals surface area (Å²) < 4.78 is 54.8. The zero-order chi connectivity index (χ0) is 21.1. The van der Waals surface area contributed by atoms with E-state index in [1.165, 1.54) is 53.8 Å². The first-order chi connectivity index (χ1) is 13.0. The highest BCUT2D eigenvalue weighted by molar-refractivity contribution is 7.89. The zero-order valence-electron chi connectivity index (χ0n) is 15.3. The molecule has 152 valence electrons. The molecule has 0 atom stereocenters. The second-order valence-electron chi connectivity index (χ2n) is 6.12. The fourth-order valence-corrected chi connectivity index (χ4v) is 3.79. The van der Waals surface area contributed by atoms with Gasteiger partial charge in [0.25, 0.3) is 5.91 Å². The molecule has 1 N–H and O–H groups in total. The van der Waals surface area contributed by atoms with Crippen molar-refractivity contribution < 1.29 is 26.7 Å². The maximum absolute atomic E-state index is 12.4. The van der Waals surface area contributed by atoms with E-state index in [1.54, 1.807) is 13.8 Å². The van der Waals surface area contributed by atoms with Crippen LogP contribution in [-0.2, 0) is 10.0 Å². The number of benzene rings is 2. The van der Waals surface area contributed by atoms with Crippen LogP contribution in [-0.4, -0.2) is 38.3 Å². The molecule has 2 rings (SSSR count). The maximum Gasteiger partial charge on any atom is 0.387 e. The predicted octanol–water partition coefficient (Wildman–Crippen LogP) is 4.22. The summed E-state index contributed by atoms with van der Waals surface area (Å²) in [5.74, 6) is -0.724. The molecule has 0 radical (unpaired) electrons. The van der Waals surface area contributed by atoms with Crippen LogP contribution in [0.1, 0.15) is 24.2 Å². The van der Waals surface area contributed by atoms with Gasteiger partial charge in [-0.2, -0.15) is 13.1 Å². The first kappa shape index (κ1) is 22.1. The van der Waals surface area contributed by atoms with Crippen molar-refractivity contribution >= 4 is 33.2 Å². The number of hydrogen-bond acceptors (Lipinski definition) is 4. The normalized spacial score (nSPS) is 11.9.